The zero-order valence-electron chi connectivity index (χ0n) is 12.6. The molecule has 0 bridgehead atoms. The number of aromatic hydroxyl groups is 1. The highest BCUT2D eigenvalue weighted by molar-refractivity contribution is 5.93. The summed E-state index contributed by atoms with van der Waals surface area (Å²) in [5.41, 5.74) is 6.64. The predicted molar refractivity (Wildman–Crippen MR) is 87.6 cm³/mol. The normalized spacial score (nSPS) is 10.8. The minimum absolute atomic E-state index is 0.161. The third kappa shape index (κ3) is 2.44. The second kappa shape index (κ2) is 5.56. The zero-order valence-corrected chi connectivity index (χ0v) is 12.6. The van der Waals surface area contributed by atoms with Crippen molar-refractivity contribution in [3.8, 4) is 5.75 Å². The number of benzene rings is 2. The van der Waals surface area contributed by atoms with Gasteiger partial charge in [-0.05, 0) is 30.5 Å². The Kier molecular flexibility index (Phi) is 3.59. The monoisotopic (exact) mass is 294 g/mol. The van der Waals surface area contributed by atoms with Crippen LogP contribution in [0.1, 0.15) is 23.7 Å². The van der Waals surface area contributed by atoms with Gasteiger partial charge < -0.3 is 5.11 Å². The molecule has 0 spiro atoms. The van der Waals surface area contributed by atoms with Gasteiger partial charge in [-0.3, -0.25) is 14.9 Å². The number of nitrogens with zero attached hydrogens (tertiary/aromatic N) is 1. The van der Waals surface area contributed by atoms with Crippen molar-refractivity contribution in [2.24, 2.45) is 0 Å². The quantitative estimate of drug-likeness (QED) is 0.778. The first-order valence-corrected chi connectivity index (χ1v) is 7.21. The molecule has 4 heteroatoms. The molecular formula is C18H18N2O2. The van der Waals surface area contributed by atoms with E-state index in [1.807, 2.05) is 37.3 Å². The molecule has 112 valence electrons. The summed E-state index contributed by atoms with van der Waals surface area (Å²) in [6, 6.07) is 15.6. The third-order valence-corrected chi connectivity index (χ3v) is 3.83. The predicted octanol–water partition coefficient (Wildman–Crippen LogP) is 3.34. The highest BCUT2D eigenvalue weighted by Gasteiger charge is 2.17. The number of nitrogens with one attached hydrogen (secondary N) is 1. The Morgan fingerprint density at radius 1 is 1.14 bits per heavy atom. The number of para-hydroxylation sites is 1. The van der Waals surface area contributed by atoms with Crippen molar-refractivity contribution >= 4 is 16.8 Å². The van der Waals surface area contributed by atoms with E-state index in [1.165, 1.54) is 12.5 Å². The van der Waals surface area contributed by atoms with Crippen LogP contribution in [0.3, 0.4) is 0 Å². The summed E-state index contributed by atoms with van der Waals surface area (Å²) < 4.78 is 1.67. The van der Waals surface area contributed by atoms with Crippen LogP contribution in [-0.2, 0) is 11.2 Å². The molecule has 0 aliphatic heterocycles. The summed E-state index contributed by atoms with van der Waals surface area (Å²) in [6.07, 6.45) is 0.749. The average Bonchev–Trinajstić information content (AvgIpc) is 2.75. The van der Waals surface area contributed by atoms with Crippen LogP contribution in [0.15, 0.2) is 48.5 Å². The Bertz CT molecular complexity index is 835. The molecule has 2 aromatic carbocycles. The third-order valence-electron chi connectivity index (χ3n) is 3.83. The molecule has 0 atom stereocenters. The van der Waals surface area contributed by atoms with Gasteiger partial charge >= 0.3 is 0 Å². The van der Waals surface area contributed by atoms with E-state index in [9.17, 15) is 9.90 Å². The van der Waals surface area contributed by atoms with E-state index in [1.54, 1.807) is 10.7 Å². The van der Waals surface area contributed by atoms with Gasteiger partial charge in [-0.25, -0.2) is 0 Å². The highest BCUT2D eigenvalue weighted by Crippen LogP contribution is 2.32. The van der Waals surface area contributed by atoms with Gasteiger partial charge in [0.25, 0.3) is 0 Å². The minimum atomic E-state index is -0.172. The van der Waals surface area contributed by atoms with Crippen molar-refractivity contribution in [3.63, 3.8) is 0 Å². The molecule has 4 nitrogen and oxygen atoms in total. The second-order valence-corrected chi connectivity index (χ2v) is 5.40. The van der Waals surface area contributed by atoms with Crippen molar-refractivity contribution in [2.75, 3.05) is 5.43 Å². The fraction of sp³-hybridized carbons (Fsp3) is 0.167. The van der Waals surface area contributed by atoms with Crippen LogP contribution in [0.25, 0.3) is 10.9 Å². The molecule has 0 radical (unpaired) electrons. The Morgan fingerprint density at radius 3 is 2.55 bits per heavy atom. The maximum Gasteiger partial charge on any atom is 0.235 e. The lowest BCUT2D eigenvalue weighted by atomic mass is 10.0. The van der Waals surface area contributed by atoms with Crippen molar-refractivity contribution in [1.29, 1.82) is 0 Å². The molecule has 1 aromatic heterocycles. The first kappa shape index (κ1) is 14.2. The molecule has 1 heterocycles. The number of carbonyl (C=O) groups excluding carboxylic acids is 1. The first-order chi connectivity index (χ1) is 10.6. The topological polar surface area (TPSA) is 54.3 Å². The molecule has 0 aliphatic rings. The lowest BCUT2D eigenvalue weighted by Gasteiger charge is -2.09. The van der Waals surface area contributed by atoms with Crippen molar-refractivity contribution in [3.05, 3.63) is 65.4 Å². The summed E-state index contributed by atoms with van der Waals surface area (Å²) in [7, 11) is 0. The fourth-order valence-electron chi connectivity index (χ4n) is 2.83. The van der Waals surface area contributed by atoms with E-state index in [0.717, 1.165) is 23.1 Å². The Balaban J connectivity index is 2.20. The smallest absolute Gasteiger partial charge is 0.235 e. The number of phenolic OH excluding ortho intramolecular Hbond substituents is 1. The molecule has 0 aliphatic carbocycles. The molecular weight excluding hydrogens is 276 g/mol. The van der Waals surface area contributed by atoms with Crippen LogP contribution >= 0.6 is 0 Å². The SMILES string of the molecule is CC(=O)Nn1c(C)c(Cc2ccccc2)c2cccc(O)c21. The molecule has 3 aromatic rings. The highest BCUT2D eigenvalue weighted by atomic mass is 16.3. The van der Waals surface area contributed by atoms with E-state index in [-0.39, 0.29) is 11.7 Å². The molecule has 22 heavy (non-hydrogen) atoms. The van der Waals surface area contributed by atoms with Gasteiger partial charge in [0.15, 0.2) is 0 Å². The Morgan fingerprint density at radius 2 is 1.86 bits per heavy atom. The summed E-state index contributed by atoms with van der Waals surface area (Å²) in [4.78, 5) is 11.5. The van der Waals surface area contributed by atoms with E-state index in [0.29, 0.717) is 5.52 Å². The zero-order chi connectivity index (χ0) is 15.7. The number of carbonyl (C=O) groups is 1. The van der Waals surface area contributed by atoms with E-state index >= 15 is 0 Å². The van der Waals surface area contributed by atoms with E-state index in [4.69, 9.17) is 0 Å². The molecule has 0 fully saturated rings. The molecule has 2 N–H and O–H groups in total. The van der Waals surface area contributed by atoms with Crippen molar-refractivity contribution in [1.82, 2.24) is 4.68 Å². The number of amides is 1. The lowest BCUT2D eigenvalue weighted by molar-refractivity contribution is -0.115. The van der Waals surface area contributed by atoms with Gasteiger partial charge in [-0.2, -0.15) is 0 Å². The number of hydrogen-bond donors (Lipinski definition) is 2. The van der Waals surface area contributed by atoms with Gasteiger partial charge in [0.2, 0.25) is 5.91 Å². The summed E-state index contributed by atoms with van der Waals surface area (Å²) in [5, 5.41) is 11.2. The number of fused-ring (bicyclic) bond motifs is 1. The van der Waals surface area contributed by atoms with Crippen LogP contribution in [0.4, 0.5) is 0 Å². The fourth-order valence-corrected chi connectivity index (χ4v) is 2.83. The van der Waals surface area contributed by atoms with Crippen molar-refractivity contribution < 1.29 is 9.90 Å². The Labute approximate surface area is 129 Å². The summed E-state index contributed by atoms with van der Waals surface area (Å²) >= 11 is 0. The van der Waals surface area contributed by atoms with E-state index in [2.05, 4.69) is 17.6 Å². The van der Waals surface area contributed by atoms with Crippen LogP contribution in [0, 0.1) is 6.92 Å². The van der Waals surface area contributed by atoms with Gasteiger partial charge in [0.05, 0.1) is 0 Å². The average molecular weight is 294 g/mol. The second-order valence-electron chi connectivity index (χ2n) is 5.40. The number of aromatic nitrogens is 1. The maximum atomic E-state index is 11.5. The molecule has 1 amide bonds. The van der Waals surface area contributed by atoms with Crippen LogP contribution in [-0.4, -0.2) is 15.7 Å². The summed E-state index contributed by atoms with van der Waals surface area (Å²) in [6.45, 7) is 3.41. The largest absolute Gasteiger partial charge is 0.506 e. The Hall–Kier alpha value is -2.75. The van der Waals surface area contributed by atoms with Crippen LogP contribution in [0.2, 0.25) is 0 Å². The standard InChI is InChI=1S/C18H18N2O2/c1-12-16(11-14-7-4-3-5-8-14)15-9-6-10-17(22)18(15)20(12)19-13(2)21/h3-10,22H,11H2,1-2H3,(H,19,21). The van der Waals surface area contributed by atoms with Gasteiger partial charge in [-0.15, -0.1) is 0 Å². The first-order valence-electron chi connectivity index (χ1n) is 7.21. The van der Waals surface area contributed by atoms with Gasteiger partial charge in [0.1, 0.15) is 11.3 Å². The lowest BCUT2D eigenvalue weighted by Crippen LogP contribution is -2.20. The number of hydrogen-bond acceptors (Lipinski definition) is 2. The molecule has 0 saturated carbocycles. The van der Waals surface area contributed by atoms with Gasteiger partial charge in [0, 0.05) is 18.0 Å². The molecule has 0 saturated heterocycles. The maximum absolute atomic E-state index is 11.5. The number of phenols is 1. The molecule has 3 rings (SSSR count). The minimum Gasteiger partial charge on any atom is -0.506 e. The van der Waals surface area contributed by atoms with E-state index < -0.39 is 0 Å². The molecule has 0 unspecified atom stereocenters. The van der Waals surface area contributed by atoms with Crippen LogP contribution < -0.4 is 5.43 Å². The van der Waals surface area contributed by atoms with Gasteiger partial charge in [-0.1, -0.05) is 42.5 Å². The summed E-state index contributed by atoms with van der Waals surface area (Å²) in [5.74, 6) is -0.0109. The number of rotatable bonds is 3. The van der Waals surface area contributed by atoms with Crippen molar-refractivity contribution in [2.45, 2.75) is 20.3 Å². The van der Waals surface area contributed by atoms with Crippen LogP contribution in [0.5, 0.6) is 5.75 Å².